The summed E-state index contributed by atoms with van der Waals surface area (Å²) in [5, 5.41) is 6.77. The van der Waals surface area contributed by atoms with E-state index in [9.17, 15) is 9.59 Å². The zero-order valence-corrected chi connectivity index (χ0v) is 17.0. The van der Waals surface area contributed by atoms with E-state index in [0.717, 1.165) is 16.5 Å². The van der Waals surface area contributed by atoms with Gasteiger partial charge in [0.25, 0.3) is 0 Å². The van der Waals surface area contributed by atoms with Crippen LogP contribution in [0.5, 0.6) is 0 Å². The molecule has 0 saturated carbocycles. The molecule has 0 aliphatic heterocycles. The van der Waals surface area contributed by atoms with Gasteiger partial charge in [0, 0.05) is 22.8 Å². The Bertz CT molecular complexity index is 980. The number of hydrogen-bond donors (Lipinski definition) is 2. The van der Waals surface area contributed by atoms with E-state index in [2.05, 4.69) is 15.6 Å². The van der Waals surface area contributed by atoms with E-state index < -0.39 is 5.54 Å². The highest BCUT2D eigenvalue weighted by Gasteiger charge is 2.23. The first kappa shape index (κ1) is 21.1. The fraction of sp³-hybridized carbons (Fsp3) is 0.261. The number of ketones is 1. The van der Waals surface area contributed by atoms with Crippen LogP contribution in [0.3, 0.4) is 0 Å². The lowest BCUT2D eigenvalue weighted by Crippen LogP contribution is -2.43. The van der Waals surface area contributed by atoms with Crippen LogP contribution in [-0.4, -0.2) is 16.8 Å². The number of Topliss-reactive ketones (excluding diaryl/α,β-unsaturated/α-hetero) is 1. The normalized spacial score (nSPS) is 10.6. The molecule has 1 aromatic heterocycles. The van der Waals surface area contributed by atoms with Crippen LogP contribution in [0.25, 0.3) is 10.9 Å². The van der Waals surface area contributed by atoms with Gasteiger partial charge in [0.1, 0.15) is 0 Å². The van der Waals surface area contributed by atoms with Gasteiger partial charge >= 0.3 is 6.03 Å². The Morgan fingerprint density at radius 1 is 0.964 bits per heavy atom. The van der Waals surface area contributed by atoms with Gasteiger partial charge in [-0.3, -0.25) is 9.78 Å². The van der Waals surface area contributed by atoms with E-state index in [-0.39, 0.29) is 11.8 Å². The number of nitrogens with one attached hydrogen (secondary N) is 2. The molecular weight excluding hydrogens is 350 g/mol. The Labute approximate surface area is 166 Å². The van der Waals surface area contributed by atoms with Crippen molar-refractivity contribution in [1.29, 1.82) is 0 Å². The fourth-order valence-corrected chi connectivity index (χ4v) is 2.80. The fourth-order valence-electron chi connectivity index (χ4n) is 2.80. The molecule has 146 valence electrons. The van der Waals surface area contributed by atoms with Crippen molar-refractivity contribution in [3.63, 3.8) is 0 Å². The third-order valence-corrected chi connectivity index (χ3v) is 4.28. The van der Waals surface area contributed by atoms with Gasteiger partial charge in [-0.05, 0) is 56.7 Å². The van der Waals surface area contributed by atoms with E-state index in [4.69, 9.17) is 0 Å². The molecule has 0 aliphatic rings. The maximum Gasteiger partial charge on any atom is 0.319 e. The number of carbonyl (C=O) groups is 2. The highest BCUT2D eigenvalue weighted by molar-refractivity contribution is 5.95. The second-order valence-corrected chi connectivity index (χ2v) is 6.75. The van der Waals surface area contributed by atoms with Crippen molar-refractivity contribution in [2.45, 2.75) is 40.2 Å². The van der Waals surface area contributed by atoms with Gasteiger partial charge < -0.3 is 10.6 Å². The van der Waals surface area contributed by atoms with E-state index in [1.54, 1.807) is 12.3 Å². The van der Waals surface area contributed by atoms with E-state index in [1.165, 1.54) is 6.92 Å². The molecule has 5 heteroatoms. The number of hydrogen-bond acceptors (Lipinski definition) is 3. The van der Waals surface area contributed by atoms with Gasteiger partial charge in [-0.15, -0.1) is 0 Å². The lowest BCUT2D eigenvalue weighted by molar-refractivity contribution is 0.101. The van der Waals surface area contributed by atoms with Crippen molar-refractivity contribution in [2.75, 3.05) is 5.32 Å². The molecule has 2 amide bonds. The summed E-state index contributed by atoms with van der Waals surface area (Å²) in [5.41, 5.74) is 2.42. The van der Waals surface area contributed by atoms with Crippen molar-refractivity contribution in [3.05, 3.63) is 71.9 Å². The van der Waals surface area contributed by atoms with Gasteiger partial charge in [0.15, 0.2) is 5.78 Å². The van der Waals surface area contributed by atoms with Crippen molar-refractivity contribution >= 4 is 28.4 Å². The minimum absolute atomic E-state index is 0.00289. The van der Waals surface area contributed by atoms with Crippen LogP contribution in [0.2, 0.25) is 0 Å². The Hall–Kier alpha value is -3.21. The minimum Gasteiger partial charge on any atom is -0.329 e. The minimum atomic E-state index is -0.631. The van der Waals surface area contributed by atoms with E-state index in [1.807, 2.05) is 76.2 Å². The van der Waals surface area contributed by atoms with Gasteiger partial charge in [0.05, 0.1) is 11.1 Å². The Morgan fingerprint density at radius 3 is 2.43 bits per heavy atom. The van der Waals surface area contributed by atoms with Crippen LogP contribution in [-0.2, 0) is 5.54 Å². The van der Waals surface area contributed by atoms with E-state index in [0.29, 0.717) is 11.3 Å². The zero-order valence-electron chi connectivity index (χ0n) is 17.0. The molecule has 1 heterocycles. The molecule has 0 spiro atoms. The monoisotopic (exact) mass is 377 g/mol. The lowest BCUT2D eigenvalue weighted by atomic mass is 9.92. The Balaban J connectivity index is 0.00000136. The topological polar surface area (TPSA) is 71.1 Å². The number of anilines is 1. The van der Waals surface area contributed by atoms with Crippen LogP contribution in [0.1, 0.15) is 50.5 Å². The van der Waals surface area contributed by atoms with Crippen molar-refractivity contribution in [1.82, 2.24) is 10.3 Å². The third-order valence-electron chi connectivity index (χ3n) is 4.28. The van der Waals surface area contributed by atoms with Crippen molar-refractivity contribution < 1.29 is 9.59 Å². The number of aromatic nitrogens is 1. The molecule has 0 fully saturated rings. The molecule has 0 aliphatic carbocycles. The lowest BCUT2D eigenvalue weighted by Gasteiger charge is -2.27. The van der Waals surface area contributed by atoms with Gasteiger partial charge in [0.2, 0.25) is 0 Å². The van der Waals surface area contributed by atoms with E-state index >= 15 is 0 Å². The molecule has 28 heavy (non-hydrogen) atoms. The van der Waals surface area contributed by atoms with Gasteiger partial charge in [-0.2, -0.15) is 0 Å². The molecule has 0 atom stereocenters. The summed E-state index contributed by atoms with van der Waals surface area (Å²) in [6.07, 6.45) is 1.74. The molecule has 0 radical (unpaired) electrons. The second-order valence-electron chi connectivity index (χ2n) is 6.75. The Kier molecular flexibility index (Phi) is 6.88. The predicted molar refractivity (Wildman–Crippen MR) is 115 cm³/mol. The van der Waals surface area contributed by atoms with Crippen LogP contribution < -0.4 is 10.6 Å². The molecule has 0 bridgehead atoms. The maximum absolute atomic E-state index is 12.5. The highest BCUT2D eigenvalue weighted by atomic mass is 16.2. The smallest absolute Gasteiger partial charge is 0.319 e. The third kappa shape index (κ3) is 5.16. The largest absolute Gasteiger partial charge is 0.329 e. The molecule has 5 nitrogen and oxygen atoms in total. The zero-order chi connectivity index (χ0) is 20.7. The first-order valence-electron chi connectivity index (χ1n) is 9.40. The Morgan fingerprint density at radius 2 is 1.71 bits per heavy atom. The molecule has 3 rings (SSSR count). The molecule has 0 unspecified atom stereocenters. The number of urea groups is 1. The maximum atomic E-state index is 12.5. The summed E-state index contributed by atoms with van der Waals surface area (Å²) in [6, 6.07) is 16.4. The molecular formula is C23H27N3O2. The van der Waals surface area contributed by atoms with Gasteiger partial charge in [-0.1, -0.05) is 38.1 Å². The molecule has 3 aromatic rings. The van der Waals surface area contributed by atoms with Crippen molar-refractivity contribution in [3.8, 4) is 0 Å². The van der Waals surface area contributed by atoms with Crippen molar-refractivity contribution in [2.24, 2.45) is 0 Å². The quantitative estimate of drug-likeness (QED) is 0.588. The van der Waals surface area contributed by atoms with Crippen LogP contribution in [0, 0.1) is 0 Å². The number of nitrogens with zero attached hydrogens (tertiary/aromatic N) is 1. The number of pyridine rings is 1. The summed E-state index contributed by atoms with van der Waals surface area (Å²) in [6.45, 7) is 9.33. The van der Waals surface area contributed by atoms with Crippen LogP contribution >= 0.6 is 0 Å². The molecule has 2 aromatic carbocycles. The number of fused-ring (bicyclic) bond motifs is 1. The average Bonchev–Trinajstić information content (AvgIpc) is 2.69. The first-order chi connectivity index (χ1) is 13.3. The average molecular weight is 377 g/mol. The van der Waals surface area contributed by atoms with Crippen LogP contribution in [0.4, 0.5) is 10.5 Å². The number of rotatable bonds is 4. The summed E-state index contributed by atoms with van der Waals surface area (Å²) in [7, 11) is 0. The predicted octanol–water partition coefficient (Wildman–Crippen LogP) is 5.52. The van der Waals surface area contributed by atoms with Crippen LogP contribution in [0.15, 0.2) is 60.8 Å². The second kappa shape index (κ2) is 9.13. The summed E-state index contributed by atoms with van der Waals surface area (Å²) in [5.74, 6) is -0.00289. The highest BCUT2D eigenvalue weighted by Crippen LogP contribution is 2.22. The first-order valence-corrected chi connectivity index (χ1v) is 9.40. The number of carbonyl (C=O) groups excluding carboxylic acids is 2. The number of amides is 2. The summed E-state index contributed by atoms with van der Waals surface area (Å²) >= 11 is 0. The van der Waals surface area contributed by atoms with Gasteiger partial charge in [-0.25, -0.2) is 4.79 Å². The molecule has 2 N–H and O–H groups in total. The summed E-state index contributed by atoms with van der Waals surface area (Å²) in [4.78, 5) is 28.3. The summed E-state index contributed by atoms with van der Waals surface area (Å²) < 4.78 is 0. The SMILES string of the molecule is CC.CC(=O)c1cccc(C(C)(C)NC(=O)Nc2ccc3ncccc3c2)c1. The number of benzene rings is 2. The molecule has 0 saturated heterocycles. The standard InChI is InChI=1S/C21H21N3O2.C2H6/c1-14(25)15-6-4-8-17(12-15)21(2,3)24-20(26)23-18-9-10-19-16(13-18)7-5-11-22-19;1-2/h4-13H,1-3H3,(H2,23,24,26);1-2H3.